The Kier molecular flexibility index (Phi) is 7.50. The molecule has 2 atom stereocenters. The number of nitrogens with one attached hydrogen (secondary N) is 1. The second-order valence-electron chi connectivity index (χ2n) is 6.01. The first-order valence-corrected chi connectivity index (χ1v) is 7.95. The molecule has 0 bridgehead atoms. The lowest BCUT2D eigenvalue weighted by atomic mass is 9.92. The molecule has 116 valence electrons. The molecule has 0 aromatic carbocycles. The highest BCUT2D eigenvalue weighted by atomic mass is 16.5. The van der Waals surface area contributed by atoms with Gasteiger partial charge in [-0.2, -0.15) is 5.26 Å². The number of hydrogen-bond donors (Lipinski definition) is 1. The fourth-order valence-electron chi connectivity index (χ4n) is 2.86. The Balaban J connectivity index is 2.42. The summed E-state index contributed by atoms with van der Waals surface area (Å²) in [4.78, 5) is 2.54. The SMILES string of the molecule is CCC(C#N)(CCCN(CCOC)C(C)C1CC1)NC. The monoisotopic (exact) mass is 281 g/mol. The molecule has 0 saturated heterocycles. The summed E-state index contributed by atoms with van der Waals surface area (Å²) in [7, 11) is 3.65. The molecule has 1 aliphatic rings. The van der Waals surface area contributed by atoms with Crippen LogP contribution in [-0.2, 0) is 4.74 Å². The standard InChI is InChI=1S/C16H31N3O/c1-5-16(13-17,18-3)9-6-10-19(11-12-20-4)14(2)15-7-8-15/h14-15,18H,5-12H2,1-4H3. The van der Waals surface area contributed by atoms with Crippen LogP contribution in [0.5, 0.6) is 0 Å². The van der Waals surface area contributed by atoms with Gasteiger partial charge in [-0.3, -0.25) is 4.90 Å². The number of ether oxygens (including phenoxy) is 1. The zero-order valence-electron chi connectivity index (χ0n) is 13.6. The van der Waals surface area contributed by atoms with Gasteiger partial charge in [0.05, 0.1) is 12.7 Å². The minimum atomic E-state index is -0.351. The van der Waals surface area contributed by atoms with E-state index in [0.29, 0.717) is 6.04 Å². The van der Waals surface area contributed by atoms with Gasteiger partial charge in [0, 0.05) is 19.7 Å². The van der Waals surface area contributed by atoms with Crippen molar-refractivity contribution >= 4 is 0 Å². The first kappa shape index (κ1) is 17.4. The fourth-order valence-corrected chi connectivity index (χ4v) is 2.86. The molecule has 0 heterocycles. The Morgan fingerprint density at radius 1 is 1.45 bits per heavy atom. The second kappa shape index (κ2) is 8.61. The van der Waals surface area contributed by atoms with E-state index in [2.05, 4.69) is 30.1 Å². The van der Waals surface area contributed by atoms with Gasteiger partial charge in [-0.25, -0.2) is 0 Å². The lowest BCUT2D eigenvalue weighted by Gasteiger charge is -2.31. The molecule has 0 aromatic heterocycles. The minimum Gasteiger partial charge on any atom is -0.383 e. The summed E-state index contributed by atoms with van der Waals surface area (Å²) in [6, 6.07) is 3.09. The van der Waals surface area contributed by atoms with Crippen molar-refractivity contribution in [2.75, 3.05) is 33.9 Å². The lowest BCUT2D eigenvalue weighted by Crippen LogP contribution is -2.43. The van der Waals surface area contributed by atoms with Crippen LogP contribution in [0.4, 0.5) is 0 Å². The lowest BCUT2D eigenvalue weighted by molar-refractivity contribution is 0.114. The Hall–Kier alpha value is -0.630. The first-order chi connectivity index (χ1) is 9.62. The Bertz CT molecular complexity index is 305. The van der Waals surface area contributed by atoms with Gasteiger partial charge in [0.1, 0.15) is 5.54 Å². The fraction of sp³-hybridized carbons (Fsp3) is 0.938. The summed E-state index contributed by atoms with van der Waals surface area (Å²) in [6.45, 7) is 7.27. The third-order valence-corrected chi connectivity index (χ3v) is 4.81. The second-order valence-corrected chi connectivity index (χ2v) is 6.01. The highest BCUT2D eigenvalue weighted by Gasteiger charge is 2.32. The Morgan fingerprint density at radius 3 is 2.60 bits per heavy atom. The van der Waals surface area contributed by atoms with Crippen LogP contribution >= 0.6 is 0 Å². The Labute approximate surface area is 124 Å². The number of nitriles is 1. The summed E-state index contributed by atoms with van der Waals surface area (Å²) in [6.07, 6.45) is 5.58. The zero-order valence-corrected chi connectivity index (χ0v) is 13.6. The molecule has 20 heavy (non-hydrogen) atoms. The quantitative estimate of drug-likeness (QED) is 0.632. The maximum Gasteiger partial charge on any atom is 0.106 e. The summed E-state index contributed by atoms with van der Waals surface area (Å²) in [5, 5.41) is 12.5. The molecule has 1 fully saturated rings. The molecule has 0 amide bonds. The highest BCUT2D eigenvalue weighted by molar-refractivity contribution is 5.05. The van der Waals surface area contributed by atoms with Crippen LogP contribution in [0.2, 0.25) is 0 Å². The number of methoxy groups -OCH3 is 1. The molecule has 4 heteroatoms. The maximum atomic E-state index is 9.34. The predicted molar refractivity (Wildman–Crippen MR) is 82.6 cm³/mol. The molecule has 1 rings (SSSR count). The van der Waals surface area contributed by atoms with Crippen LogP contribution in [0.15, 0.2) is 0 Å². The van der Waals surface area contributed by atoms with Gasteiger partial charge in [-0.1, -0.05) is 6.92 Å². The van der Waals surface area contributed by atoms with Gasteiger partial charge in [0.2, 0.25) is 0 Å². The average Bonchev–Trinajstić information content (AvgIpc) is 3.31. The summed E-state index contributed by atoms with van der Waals surface area (Å²) < 4.78 is 5.23. The number of hydrogen-bond acceptors (Lipinski definition) is 4. The first-order valence-electron chi connectivity index (χ1n) is 7.95. The van der Waals surface area contributed by atoms with E-state index in [1.54, 1.807) is 7.11 Å². The van der Waals surface area contributed by atoms with Crippen molar-refractivity contribution in [3.8, 4) is 6.07 Å². The smallest absolute Gasteiger partial charge is 0.106 e. The topological polar surface area (TPSA) is 48.3 Å². The third kappa shape index (κ3) is 5.05. The number of nitrogens with zero attached hydrogens (tertiary/aromatic N) is 2. The van der Waals surface area contributed by atoms with Crippen LogP contribution < -0.4 is 5.32 Å². The van der Waals surface area contributed by atoms with Crippen molar-refractivity contribution in [1.82, 2.24) is 10.2 Å². The van der Waals surface area contributed by atoms with Crippen molar-refractivity contribution in [3.05, 3.63) is 0 Å². The van der Waals surface area contributed by atoms with Crippen LogP contribution in [0.25, 0.3) is 0 Å². The van der Waals surface area contributed by atoms with Gasteiger partial charge in [0.25, 0.3) is 0 Å². The van der Waals surface area contributed by atoms with E-state index in [1.807, 2.05) is 7.05 Å². The summed E-state index contributed by atoms with van der Waals surface area (Å²) >= 11 is 0. The summed E-state index contributed by atoms with van der Waals surface area (Å²) in [5.41, 5.74) is -0.351. The molecule has 1 N–H and O–H groups in total. The van der Waals surface area contributed by atoms with E-state index < -0.39 is 0 Å². The van der Waals surface area contributed by atoms with Gasteiger partial charge in [-0.15, -0.1) is 0 Å². The zero-order chi connectivity index (χ0) is 15.0. The van der Waals surface area contributed by atoms with Crippen molar-refractivity contribution in [3.63, 3.8) is 0 Å². The van der Waals surface area contributed by atoms with Crippen molar-refractivity contribution in [2.45, 2.75) is 57.5 Å². The van der Waals surface area contributed by atoms with Crippen LogP contribution in [0, 0.1) is 17.2 Å². The molecular formula is C16H31N3O. The molecular weight excluding hydrogens is 250 g/mol. The van der Waals surface area contributed by atoms with Crippen molar-refractivity contribution in [2.24, 2.45) is 5.92 Å². The third-order valence-electron chi connectivity index (χ3n) is 4.81. The predicted octanol–water partition coefficient (Wildman–Crippen LogP) is 2.41. The molecule has 0 aliphatic heterocycles. The van der Waals surface area contributed by atoms with Crippen LogP contribution in [-0.4, -0.2) is 50.3 Å². The van der Waals surface area contributed by atoms with Crippen LogP contribution in [0.3, 0.4) is 0 Å². The Morgan fingerprint density at radius 2 is 2.15 bits per heavy atom. The summed E-state index contributed by atoms with van der Waals surface area (Å²) in [5.74, 6) is 0.878. The van der Waals surface area contributed by atoms with Crippen LogP contribution in [0.1, 0.15) is 46.0 Å². The van der Waals surface area contributed by atoms with E-state index >= 15 is 0 Å². The van der Waals surface area contributed by atoms with Gasteiger partial charge in [-0.05, 0) is 58.5 Å². The van der Waals surface area contributed by atoms with Crippen molar-refractivity contribution < 1.29 is 4.74 Å². The number of rotatable bonds is 11. The molecule has 1 saturated carbocycles. The van der Waals surface area contributed by atoms with E-state index in [9.17, 15) is 5.26 Å². The van der Waals surface area contributed by atoms with E-state index in [1.165, 1.54) is 12.8 Å². The largest absolute Gasteiger partial charge is 0.383 e. The molecule has 0 spiro atoms. The van der Waals surface area contributed by atoms with E-state index in [0.717, 1.165) is 44.9 Å². The molecule has 4 nitrogen and oxygen atoms in total. The molecule has 0 radical (unpaired) electrons. The average molecular weight is 281 g/mol. The molecule has 1 aliphatic carbocycles. The normalized spacial score (nSPS) is 19.6. The molecule has 2 unspecified atom stereocenters. The highest BCUT2D eigenvalue weighted by Crippen LogP contribution is 2.35. The molecule has 0 aromatic rings. The van der Waals surface area contributed by atoms with Gasteiger partial charge in [0.15, 0.2) is 0 Å². The van der Waals surface area contributed by atoms with Crippen molar-refractivity contribution in [1.29, 1.82) is 5.26 Å². The van der Waals surface area contributed by atoms with E-state index in [4.69, 9.17) is 4.74 Å². The van der Waals surface area contributed by atoms with Gasteiger partial charge < -0.3 is 10.1 Å². The van der Waals surface area contributed by atoms with E-state index in [-0.39, 0.29) is 5.54 Å². The maximum absolute atomic E-state index is 9.34. The van der Waals surface area contributed by atoms with Gasteiger partial charge >= 0.3 is 0 Å². The minimum absolute atomic E-state index is 0.351.